The Balaban J connectivity index is 1.83. The van der Waals surface area contributed by atoms with Crippen molar-refractivity contribution in [1.82, 2.24) is 15.5 Å². The summed E-state index contributed by atoms with van der Waals surface area (Å²) in [6, 6.07) is 3.73. The number of aryl methyl sites for hydroxylation is 1. The largest absolute Gasteiger partial charge is 0.420 e. The van der Waals surface area contributed by atoms with Crippen molar-refractivity contribution in [3.8, 4) is 10.8 Å². The van der Waals surface area contributed by atoms with Crippen LogP contribution in [0.1, 0.15) is 25.7 Å². The van der Waals surface area contributed by atoms with Crippen molar-refractivity contribution >= 4 is 22.9 Å². The number of thiophene rings is 1. The Labute approximate surface area is 115 Å². The van der Waals surface area contributed by atoms with Crippen LogP contribution in [0, 0.1) is 0 Å². The molecule has 0 bridgehead atoms. The summed E-state index contributed by atoms with van der Waals surface area (Å²) in [7, 11) is 0. The third kappa shape index (κ3) is 3.80. The summed E-state index contributed by atoms with van der Waals surface area (Å²) in [5, 5.41) is 11.4. The number of nitrogens with one attached hydrogen (secondary N) is 1. The SMILES string of the molecule is CCCNCCCc1nnc(-c2ccc(Cl)s2)o1. The molecule has 4 nitrogen and oxygen atoms in total. The molecule has 0 fully saturated rings. The van der Waals surface area contributed by atoms with Gasteiger partial charge in [-0.05, 0) is 38.1 Å². The zero-order valence-electron chi connectivity index (χ0n) is 10.3. The van der Waals surface area contributed by atoms with Crippen LogP contribution in [0.25, 0.3) is 10.8 Å². The molecule has 0 saturated carbocycles. The first kappa shape index (κ1) is 13.5. The zero-order chi connectivity index (χ0) is 12.8. The standard InChI is InChI=1S/C12H16ClN3OS/c1-2-7-14-8-3-4-11-15-16-12(17-11)9-5-6-10(13)18-9/h5-6,14H,2-4,7-8H2,1H3. The van der Waals surface area contributed by atoms with Crippen LogP contribution in [-0.2, 0) is 6.42 Å². The third-order valence-electron chi connectivity index (χ3n) is 2.42. The predicted molar refractivity (Wildman–Crippen MR) is 74.1 cm³/mol. The molecule has 0 aliphatic carbocycles. The lowest BCUT2D eigenvalue weighted by Crippen LogP contribution is -2.16. The zero-order valence-corrected chi connectivity index (χ0v) is 11.9. The highest BCUT2D eigenvalue weighted by atomic mass is 35.5. The topological polar surface area (TPSA) is 51.0 Å². The van der Waals surface area contributed by atoms with Gasteiger partial charge in [0.25, 0.3) is 5.89 Å². The summed E-state index contributed by atoms with van der Waals surface area (Å²) in [5.74, 6) is 1.25. The van der Waals surface area contributed by atoms with E-state index in [1.807, 2.05) is 12.1 Å². The Hall–Kier alpha value is -0.910. The Morgan fingerprint density at radius 3 is 2.94 bits per heavy atom. The molecule has 0 radical (unpaired) electrons. The van der Waals surface area contributed by atoms with E-state index in [-0.39, 0.29) is 0 Å². The molecule has 2 aromatic rings. The van der Waals surface area contributed by atoms with Gasteiger partial charge in [0.05, 0.1) is 9.21 Å². The normalized spacial score (nSPS) is 11.0. The predicted octanol–water partition coefficient (Wildman–Crippen LogP) is 3.38. The molecule has 1 N–H and O–H groups in total. The van der Waals surface area contributed by atoms with Gasteiger partial charge in [0, 0.05) is 6.42 Å². The van der Waals surface area contributed by atoms with E-state index in [2.05, 4.69) is 22.4 Å². The summed E-state index contributed by atoms with van der Waals surface area (Å²) < 4.78 is 6.32. The average molecular weight is 286 g/mol. The summed E-state index contributed by atoms with van der Waals surface area (Å²) in [5.41, 5.74) is 0. The minimum atomic E-state index is 0.559. The van der Waals surface area contributed by atoms with E-state index in [0.717, 1.165) is 41.6 Å². The maximum absolute atomic E-state index is 5.87. The van der Waals surface area contributed by atoms with Gasteiger partial charge in [0.2, 0.25) is 5.89 Å². The molecule has 2 aromatic heterocycles. The molecular formula is C12H16ClN3OS. The molecule has 0 aromatic carbocycles. The van der Waals surface area contributed by atoms with E-state index in [4.69, 9.17) is 16.0 Å². The lowest BCUT2D eigenvalue weighted by Gasteiger charge is -1.99. The van der Waals surface area contributed by atoms with Crippen LogP contribution in [0.5, 0.6) is 0 Å². The molecule has 0 unspecified atom stereocenters. The van der Waals surface area contributed by atoms with Gasteiger partial charge in [-0.2, -0.15) is 0 Å². The van der Waals surface area contributed by atoms with Gasteiger partial charge < -0.3 is 9.73 Å². The lowest BCUT2D eigenvalue weighted by atomic mass is 10.3. The van der Waals surface area contributed by atoms with Crippen LogP contribution in [0.3, 0.4) is 0 Å². The molecule has 18 heavy (non-hydrogen) atoms. The summed E-state index contributed by atoms with van der Waals surface area (Å²) in [6.07, 6.45) is 2.97. The number of nitrogens with zero attached hydrogens (tertiary/aromatic N) is 2. The van der Waals surface area contributed by atoms with Gasteiger partial charge in [0.1, 0.15) is 0 Å². The highest BCUT2D eigenvalue weighted by Crippen LogP contribution is 2.29. The molecule has 98 valence electrons. The molecule has 6 heteroatoms. The van der Waals surface area contributed by atoms with E-state index >= 15 is 0 Å². The van der Waals surface area contributed by atoms with Crippen molar-refractivity contribution < 1.29 is 4.42 Å². The van der Waals surface area contributed by atoms with Crippen LogP contribution in [0.4, 0.5) is 0 Å². The average Bonchev–Trinajstić information content (AvgIpc) is 2.97. The van der Waals surface area contributed by atoms with Crippen LogP contribution in [0.2, 0.25) is 4.34 Å². The third-order valence-corrected chi connectivity index (χ3v) is 3.64. The minimum Gasteiger partial charge on any atom is -0.420 e. The van der Waals surface area contributed by atoms with Gasteiger partial charge in [0.15, 0.2) is 0 Å². The fourth-order valence-electron chi connectivity index (χ4n) is 1.55. The molecule has 0 aliphatic heterocycles. The molecule has 0 aliphatic rings. The number of aromatic nitrogens is 2. The second-order valence-electron chi connectivity index (χ2n) is 3.96. The second kappa shape index (κ2) is 6.87. The van der Waals surface area contributed by atoms with E-state index in [0.29, 0.717) is 11.8 Å². The Bertz CT molecular complexity index is 483. The number of hydrogen-bond acceptors (Lipinski definition) is 5. The van der Waals surface area contributed by atoms with Gasteiger partial charge in [-0.3, -0.25) is 0 Å². The fraction of sp³-hybridized carbons (Fsp3) is 0.500. The van der Waals surface area contributed by atoms with Crippen molar-refractivity contribution in [1.29, 1.82) is 0 Å². The van der Waals surface area contributed by atoms with E-state index in [1.165, 1.54) is 11.3 Å². The Kier molecular flexibility index (Phi) is 5.16. The van der Waals surface area contributed by atoms with Gasteiger partial charge in [-0.15, -0.1) is 21.5 Å². The molecule has 2 rings (SSSR count). The van der Waals surface area contributed by atoms with E-state index in [1.54, 1.807) is 0 Å². The molecule has 0 atom stereocenters. The second-order valence-corrected chi connectivity index (χ2v) is 5.67. The Morgan fingerprint density at radius 2 is 2.22 bits per heavy atom. The van der Waals surface area contributed by atoms with Crippen molar-refractivity contribution in [3.05, 3.63) is 22.4 Å². The molecule has 0 amide bonds. The monoisotopic (exact) mass is 285 g/mol. The Morgan fingerprint density at radius 1 is 1.33 bits per heavy atom. The summed E-state index contributed by atoms with van der Waals surface area (Å²) >= 11 is 7.32. The maximum Gasteiger partial charge on any atom is 0.257 e. The minimum absolute atomic E-state index is 0.559. The first-order chi connectivity index (χ1) is 8.79. The van der Waals surface area contributed by atoms with Crippen molar-refractivity contribution in [2.75, 3.05) is 13.1 Å². The number of halogens is 1. The summed E-state index contributed by atoms with van der Waals surface area (Å²) in [6.45, 7) is 4.20. The quantitative estimate of drug-likeness (QED) is 0.792. The van der Waals surface area contributed by atoms with Crippen molar-refractivity contribution in [2.45, 2.75) is 26.2 Å². The van der Waals surface area contributed by atoms with Crippen LogP contribution >= 0.6 is 22.9 Å². The van der Waals surface area contributed by atoms with Crippen LogP contribution < -0.4 is 5.32 Å². The fourth-order valence-corrected chi connectivity index (χ4v) is 2.51. The van der Waals surface area contributed by atoms with E-state index < -0.39 is 0 Å². The molecule has 2 heterocycles. The number of rotatable bonds is 7. The molecule has 0 spiro atoms. The van der Waals surface area contributed by atoms with Crippen LogP contribution in [-0.4, -0.2) is 23.3 Å². The van der Waals surface area contributed by atoms with Crippen LogP contribution in [0.15, 0.2) is 16.5 Å². The smallest absolute Gasteiger partial charge is 0.257 e. The first-order valence-electron chi connectivity index (χ1n) is 6.08. The summed E-state index contributed by atoms with van der Waals surface area (Å²) in [4.78, 5) is 0.919. The molecule has 0 saturated heterocycles. The van der Waals surface area contributed by atoms with Gasteiger partial charge in [-0.1, -0.05) is 18.5 Å². The van der Waals surface area contributed by atoms with E-state index in [9.17, 15) is 0 Å². The highest BCUT2D eigenvalue weighted by molar-refractivity contribution is 7.19. The molecular weight excluding hydrogens is 270 g/mol. The van der Waals surface area contributed by atoms with Gasteiger partial charge >= 0.3 is 0 Å². The first-order valence-corrected chi connectivity index (χ1v) is 7.28. The van der Waals surface area contributed by atoms with Gasteiger partial charge in [-0.25, -0.2) is 0 Å². The highest BCUT2D eigenvalue weighted by Gasteiger charge is 2.10. The number of hydrogen-bond donors (Lipinski definition) is 1. The lowest BCUT2D eigenvalue weighted by molar-refractivity contribution is 0.492. The van der Waals surface area contributed by atoms with Crippen molar-refractivity contribution in [3.63, 3.8) is 0 Å². The van der Waals surface area contributed by atoms with Crippen molar-refractivity contribution in [2.24, 2.45) is 0 Å². The maximum atomic E-state index is 5.87.